The van der Waals surface area contributed by atoms with Crippen molar-refractivity contribution >= 4 is 46.5 Å². The van der Waals surface area contributed by atoms with Crippen LogP contribution in [0, 0.1) is 0 Å². The van der Waals surface area contributed by atoms with E-state index in [1.165, 1.54) is 6.07 Å². The van der Waals surface area contributed by atoms with Gasteiger partial charge in [-0.25, -0.2) is 4.79 Å². The third-order valence-corrected chi connectivity index (χ3v) is 3.17. The van der Waals surface area contributed by atoms with Crippen molar-refractivity contribution in [2.75, 3.05) is 11.6 Å². The van der Waals surface area contributed by atoms with E-state index in [0.29, 0.717) is 15.7 Å². The van der Waals surface area contributed by atoms with Gasteiger partial charge < -0.3 is 4.74 Å². The predicted octanol–water partition coefficient (Wildman–Crippen LogP) is 2.65. The summed E-state index contributed by atoms with van der Waals surface area (Å²) in [5.41, 5.74) is 0.539. The van der Waals surface area contributed by atoms with Gasteiger partial charge in [0.05, 0.1) is 28.8 Å². The van der Waals surface area contributed by atoms with E-state index in [1.54, 1.807) is 19.1 Å². The summed E-state index contributed by atoms with van der Waals surface area (Å²) in [7, 11) is 0. The fourth-order valence-corrected chi connectivity index (χ4v) is 1.87. The lowest BCUT2D eigenvalue weighted by molar-refractivity contribution is -0.135. The van der Waals surface area contributed by atoms with Crippen LogP contribution in [0.3, 0.4) is 0 Å². The predicted molar refractivity (Wildman–Crippen MR) is 72.6 cm³/mol. The summed E-state index contributed by atoms with van der Waals surface area (Å²) in [6, 6.07) is 4.67. The van der Waals surface area contributed by atoms with E-state index in [-0.39, 0.29) is 24.6 Å². The highest BCUT2D eigenvalue weighted by atomic mass is 35.5. The van der Waals surface area contributed by atoms with E-state index >= 15 is 0 Å². The number of carbonyl (C=O) groups is 2. The van der Waals surface area contributed by atoms with Crippen LogP contribution in [-0.2, 0) is 14.3 Å². The lowest BCUT2D eigenvalue weighted by atomic mass is 10.2. The Bertz CT molecular complexity index is 572. The maximum Gasteiger partial charge on any atom is 0.355 e. The molecule has 0 atom stereocenters. The van der Waals surface area contributed by atoms with Gasteiger partial charge in [-0.15, -0.1) is 0 Å². The zero-order valence-electron chi connectivity index (χ0n) is 10.0. The summed E-state index contributed by atoms with van der Waals surface area (Å²) in [6.07, 6.45) is -0.0842. The highest BCUT2D eigenvalue weighted by Gasteiger charge is 2.30. The van der Waals surface area contributed by atoms with Crippen LogP contribution in [0.4, 0.5) is 5.69 Å². The number of halogens is 2. The zero-order valence-corrected chi connectivity index (χ0v) is 11.5. The number of benzene rings is 1. The van der Waals surface area contributed by atoms with Crippen molar-refractivity contribution in [2.24, 2.45) is 5.10 Å². The number of hydrazone groups is 1. The second kappa shape index (κ2) is 5.59. The normalized spacial score (nSPS) is 14.6. The molecule has 0 radical (unpaired) electrons. The second-order valence-electron chi connectivity index (χ2n) is 3.75. The van der Waals surface area contributed by atoms with Crippen molar-refractivity contribution in [3.63, 3.8) is 0 Å². The summed E-state index contributed by atoms with van der Waals surface area (Å²) in [4.78, 5) is 23.3. The van der Waals surface area contributed by atoms with E-state index in [9.17, 15) is 9.59 Å². The van der Waals surface area contributed by atoms with Gasteiger partial charge in [-0.3, -0.25) is 4.79 Å². The third-order valence-electron chi connectivity index (χ3n) is 2.43. The summed E-state index contributed by atoms with van der Waals surface area (Å²) in [5, 5.41) is 5.77. The summed E-state index contributed by atoms with van der Waals surface area (Å²) >= 11 is 11.7. The first-order valence-corrected chi connectivity index (χ1v) is 6.31. The molecule has 7 heteroatoms. The smallest absolute Gasteiger partial charge is 0.355 e. The molecule has 0 saturated carbocycles. The lowest BCUT2D eigenvalue weighted by Crippen LogP contribution is -2.19. The van der Waals surface area contributed by atoms with Crippen LogP contribution >= 0.6 is 23.2 Å². The van der Waals surface area contributed by atoms with Gasteiger partial charge >= 0.3 is 5.97 Å². The minimum Gasteiger partial charge on any atom is -0.461 e. The van der Waals surface area contributed by atoms with Crippen LogP contribution in [0.1, 0.15) is 13.3 Å². The van der Waals surface area contributed by atoms with Crippen molar-refractivity contribution in [1.82, 2.24) is 0 Å². The van der Waals surface area contributed by atoms with Crippen molar-refractivity contribution in [3.05, 3.63) is 28.2 Å². The Kier molecular flexibility index (Phi) is 4.07. The maximum absolute atomic E-state index is 11.8. The molecule has 100 valence electrons. The molecule has 0 fully saturated rings. The van der Waals surface area contributed by atoms with Crippen LogP contribution in [0.25, 0.3) is 0 Å². The SMILES string of the molecule is CCOC(=O)C1=NN(c2ccc(Cl)c(Cl)c2)C(=O)C1. The van der Waals surface area contributed by atoms with Crippen LogP contribution in [0.5, 0.6) is 0 Å². The molecule has 5 nitrogen and oxygen atoms in total. The topological polar surface area (TPSA) is 59.0 Å². The monoisotopic (exact) mass is 300 g/mol. The quantitative estimate of drug-likeness (QED) is 0.806. The first-order valence-electron chi connectivity index (χ1n) is 5.55. The number of carbonyl (C=O) groups excluding carboxylic acids is 2. The average Bonchev–Trinajstić information content (AvgIpc) is 2.75. The molecule has 1 aliphatic heterocycles. The maximum atomic E-state index is 11.8. The number of anilines is 1. The van der Waals surface area contributed by atoms with Crippen molar-refractivity contribution < 1.29 is 14.3 Å². The van der Waals surface area contributed by atoms with Gasteiger partial charge in [0.2, 0.25) is 0 Å². The van der Waals surface area contributed by atoms with Crippen LogP contribution < -0.4 is 5.01 Å². The number of rotatable bonds is 3. The second-order valence-corrected chi connectivity index (χ2v) is 4.56. The molecule has 1 aliphatic rings. The molecule has 1 amide bonds. The van der Waals surface area contributed by atoms with Gasteiger partial charge in [0.15, 0.2) is 5.71 Å². The molecule has 0 aliphatic carbocycles. The van der Waals surface area contributed by atoms with E-state index in [2.05, 4.69) is 5.10 Å². The van der Waals surface area contributed by atoms with Crippen LogP contribution in [0.15, 0.2) is 23.3 Å². The molecule has 2 rings (SSSR count). The molecular weight excluding hydrogens is 291 g/mol. The molecule has 0 N–H and O–H groups in total. The highest BCUT2D eigenvalue weighted by Crippen LogP contribution is 2.29. The van der Waals surface area contributed by atoms with Crippen molar-refractivity contribution in [2.45, 2.75) is 13.3 Å². The molecule has 1 heterocycles. The van der Waals surface area contributed by atoms with Crippen molar-refractivity contribution in [1.29, 1.82) is 0 Å². The number of amides is 1. The number of nitrogens with zero attached hydrogens (tertiary/aromatic N) is 2. The first-order chi connectivity index (χ1) is 9.02. The summed E-state index contributed by atoms with van der Waals surface area (Å²) in [6.45, 7) is 1.92. The zero-order chi connectivity index (χ0) is 14.0. The van der Waals surface area contributed by atoms with E-state index < -0.39 is 5.97 Å². The van der Waals surface area contributed by atoms with Gasteiger partial charge in [0.1, 0.15) is 0 Å². The minimum absolute atomic E-state index is 0.0814. The third kappa shape index (κ3) is 2.88. The fraction of sp³-hybridized carbons (Fsp3) is 0.250. The van der Waals surface area contributed by atoms with Gasteiger partial charge in [-0.05, 0) is 25.1 Å². The molecule has 0 spiro atoms. The number of hydrogen-bond acceptors (Lipinski definition) is 4. The Morgan fingerprint density at radius 2 is 2.16 bits per heavy atom. The molecule has 0 unspecified atom stereocenters. The van der Waals surface area contributed by atoms with E-state index in [4.69, 9.17) is 27.9 Å². The van der Waals surface area contributed by atoms with Gasteiger partial charge in [0.25, 0.3) is 5.91 Å². The fourth-order valence-electron chi connectivity index (χ4n) is 1.58. The number of hydrogen-bond donors (Lipinski definition) is 0. The Hall–Kier alpha value is -1.59. The molecular formula is C12H10Cl2N2O3. The Morgan fingerprint density at radius 3 is 2.79 bits per heavy atom. The molecule has 0 aromatic heterocycles. The Morgan fingerprint density at radius 1 is 1.42 bits per heavy atom. The molecule has 1 aromatic rings. The first kappa shape index (κ1) is 13.8. The number of esters is 1. The molecule has 0 bridgehead atoms. The summed E-state index contributed by atoms with van der Waals surface area (Å²) in [5.74, 6) is -0.903. The lowest BCUT2D eigenvalue weighted by Gasteiger charge is -2.11. The number of ether oxygens (including phenoxy) is 1. The van der Waals surface area contributed by atoms with Gasteiger partial charge in [-0.2, -0.15) is 10.1 Å². The minimum atomic E-state index is -0.585. The van der Waals surface area contributed by atoms with Crippen molar-refractivity contribution in [3.8, 4) is 0 Å². The largest absolute Gasteiger partial charge is 0.461 e. The molecule has 1 aromatic carbocycles. The van der Waals surface area contributed by atoms with Gasteiger partial charge in [0, 0.05) is 0 Å². The molecule has 19 heavy (non-hydrogen) atoms. The van der Waals surface area contributed by atoms with E-state index in [0.717, 1.165) is 5.01 Å². The Labute approximate surface area is 119 Å². The average molecular weight is 301 g/mol. The van der Waals surface area contributed by atoms with Crippen LogP contribution in [0.2, 0.25) is 10.0 Å². The van der Waals surface area contributed by atoms with E-state index in [1.807, 2.05) is 0 Å². The van der Waals surface area contributed by atoms with Crippen LogP contribution in [-0.4, -0.2) is 24.2 Å². The van der Waals surface area contributed by atoms with Gasteiger partial charge in [-0.1, -0.05) is 23.2 Å². The summed E-state index contributed by atoms with van der Waals surface area (Å²) < 4.78 is 4.81. The molecule has 0 saturated heterocycles. The standard InChI is InChI=1S/C12H10Cl2N2O3/c1-2-19-12(18)10-6-11(17)16(15-10)7-3-4-8(13)9(14)5-7/h3-5H,2,6H2,1H3. The Balaban J connectivity index is 2.27. The highest BCUT2D eigenvalue weighted by molar-refractivity contribution is 6.43.